The molecule has 3 rings (SSSR count). The van der Waals surface area contributed by atoms with Gasteiger partial charge in [-0.3, -0.25) is 14.4 Å². The number of nitrogens with one attached hydrogen (secondary N) is 2. The fourth-order valence-electron chi connectivity index (χ4n) is 6.07. The van der Waals surface area contributed by atoms with Gasteiger partial charge in [0.2, 0.25) is 11.8 Å². The molecule has 4 atom stereocenters. The molecule has 176 valence electrons. The number of ketones is 1. The summed E-state index contributed by atoms with van der Waals surface area (Å²) >= 11 is 0. The van der Waals surface area contributed by atoms with Crippen molar-refractivity contribution in [3.05, 3.63) is 29.3 Å². The van der Waals surface area contributed by atoms with E-state index in [1.807, 2.05) is 26.8 Å². The lowest BCUT2D eigenvalue weighted by Gasteiger charge is -2.54. The van der Waals surface area contributed by atoms with Gasteiger partial charge < -0.3 is 16.4 Å². The summed E-state index contributed by atoms with van der Waals surface area (Å²) in [7, 11) is 0. The molecule has 32 heavy (non-hydrogen) atoms. The quantitative estimate of drug-likeness (QED) is 0.600. The summed E-state index contributed by atoms with van der Waals surface area (Å²) < 4.78 is 0. The highest BCUT2D eigenvalue weighted by Gasteiger charge is 2.54. The standard InChI is InChI=1S/C26H39N3O3/c1-6-21(30)26(5)13-7-12-25(4)19-14-18(10-8-17(19)9-11-20(25)26)29-22(31)15-28-24(32)23(27)16(2)3/h8,10,14,16,20,23H,6-7,9,11-13,15,27H2,1-5H3,(H,28,32)(H,29,31)/t20?,23?,25?,26-/m0/s1. The number of carbonyl (C=O) groups is 3. The molecule has 0 aliphatic heterocycles. The van der Waals surface area contributed by atoms with Crippen LogP contribution in [0.3, 0.4) is 0 Å². The number of hydrogen-bond acceptors (Lipinski definition) is 4. The van der Waals surface area contributed by atoms with E-state index in [0.717, 1.165) is 37.8 Å². The lowest BCUT2D eigenvalue weighted by Crippen LogP contribution is -2.52. The third kappa shape index (κ3) is 4.47. The molecule has 4 N–H and O–H groups in total. The van der Waals surface area contributed by atoms with E-state index in [9.17, 15) is 14.4 Å². The van der Waals surface area contributed by atoms with E-state index in [2.05, 4.69) is 36.6 Å². The molecule has 0 bridgehead atoms. The first kappa shape index (κ1) is 24.4. The summed E-state index contributed by atoms with van der Waals surface area (Å²) in [4.78, 5) is 37.4. The molecule has 1 aromatic carbocycles. The lowest BCUT2D eigenvalue weighted by atomic mass is 9.48. The number of fused-ring (bicyclic) bond motifs is 3. The summed E-state index contributed by atoms with van der Waals surface area (Å²) in [5.74, 6) is 0.0933. The molecule has 0 aromatic heterocycles. The van der Waals surface area contributed by atoms with Crippen molar-refractivity contribution >= 4 is 23.3 Å². The Hall–Kier alpha value is -2.21. The summed E-state index contributed by atoms with van der Waals surface area (Å²) in [5.41, 5.74) is 8.78. The molecule has 0 radical (unpaired) electrons. The van der Waals surface area contributed by atoms with Crippen molar-refractivity contribution in [1.82, 2.24) is 5.32 Å². The second-order valence-corrected chi connectivity index (χ2v) is 10.5. The maximum Gasteiger partial charge on any atom is 0.243 e. The minimum absolute atomic E-state index is 0.00756. The van der Waals surface area contributed by atoms with E-state index in [1.165, 1.54) is 11.1 Å². The smallest absolute Gasteiger partial charge is 0.243 e. The molecule has 6 nitrogen and oxygen atoms in total. The van der Waals surface area contributed by atoms with Gasteiger partial charge in [0.15, 0.2) is 0 Å². The van der Waals surface area contributed by atoms with E-state index in [4.69, 9.17) is 5.73 Å². The maximum atomic E-state index is 12.9. The van der Waals surface area contributed by atoms with Crippen LogP contribution in [0.4, 0.5) is 5.69 Å². The summed E-state index contributed by atoms with van der Waals surface area (Å²) in [6, 6.07) is 5.49. The highest BCUT2D eigenvalue weighted by atomic mass is 16.2. The fourth-order valence-corrected chi connectivity index (χ4v) is 6.07. The largest absolute Gasteiger partial charge is 0.346 e. The molecule has 2 amide bonds. The van der Waals surface area contributed by atoms with Crippen LogP contribution >= 0.6 is 0 Å². The van der Waals surface area contributed by atoms with Gasteiger partial charge in [0, 0.05) is 17.5 Å². The van der Waals surface area contributed by atoms with Crippen molar-refractivity contribution in [2.45, 2.75) is 84.6 Å². The second-order valence-electron chi connectivity index (χ2n) is 10.5. The minimum Gasteiger partial charge on any atom is -0.346 e. The normalized spacial score (nSPS) is 27.8. The van der Waals surface area contributed by atoms with Crippen molar-refractivity contribution in [1.29, 1.82) is 0 Å². The SMILES string of the molecule is CCC(=O)[C@@]1(C)CCCC2(C)c3cc(NC(=O)CNC(=O)C(N)C(C)C)ccc3CCC21. The molecule has 6 heteroatoms. The predicted molar refractivity (Wildman–Crippen MR) is 127 cm³/mol. The van der Waals surface area contributed by atoms with Crippen LogP contribution in [0.15, 0.2) is 18.2 Å². The predicted octanol–water partition coefficient (Wildman–Crippen LogP) is 3.71. The molecule has 2 aliphatic rings. The zero-order chi connectivity index (χ0) is 23.7. The monoisotopic (exact) mass is 441 g/mol. The van der Waals surface area contributed by atoms with E-state index in [1.54, 1.807) is 0 Å². The molecular weight excluding hydrogens is 402 g/mol. The number of hydrogen-bond donors (Lipinski definition) is 3. The van der Waals surface area contributed by atoms with Crippen molar-refractivity contribution in [2.24, 2.45) is 23.0 Å². The molecule has 0 spiro atoms. The Kier molecular flexibility index (Phi) is 7.13. The summed E-state index contributed by atoms with van der Waals surface area (Å²) in [6.07, 6.45) is 5.62. The molecule has 0 saturated heterocycles. The van der Waals surface area contributed by atoms with Crippen LogP contribution in [0, 0.1) is 17.3 Å². The van der Waals surface area contributed by atoms with Gasteiger partial charge in [-0.2, -0.15) is 0 Å². The third-order valence-electron chi connectivity index (χ3n) is 8.04. The Morgan fingerprint density at radius 1 is 1.19 bits per heavy atom. The lowest BCUT2D eigenvalue weighted by molar-refractivity contribution is -0.136. The first-order valence-electron chi connectivity index (χ1n) is 12.0. The highest BCUT2D eigenvalue weighted by molar-refractivity contribution is 5.95. The van der Waals surface area contributed by atoms with Crippen LogP contribution in [0.5, 0.6) is 0 Å². The number of anilines is 1. The molecule has 3 unspecified atom stereocenters. The molecular formula is C26H39N3O3. The Morgan fingerprint density at radius 3 is 2.56 bits per heavy atom. The second kappa shape index (κ2) is 9.34. The van der Waals surface area contributed by atoms with E-state index >= 15 is 0 Å². The molecule has 1 aromatic rings. The van der Waals surface area contributed by atoms with Gasteiger partial charge in [0.05, 0.1) is 12.6 Å². The first-order chi connectivity index (χ1) is 15.0. The van der Waals surface area contributed by atoms with Crippen molar-refractivity contribution in [3.63, 3.8) is 0 Å². The fraction of sp³-hybridized carbons (Fsp3) is 0.654. The Bertz CT molecular complexity index is 896. The average molecular weight is 442 g/mol. The number of carbonyl (C=O) groups excluding carboxylic acids is 3. The Morgan fingerprint density at radius 2 is 1.91 bits per heavy atom. The van der Waals surface area contributed by atoms with E-state index < -0.39 is 6.04 Å². The van der Waals surface area contributed by atoms with Crippen LogP contribution in [0.1, 0.15) is 77.8 Å². The van der Waals surface area contributed by atoms with Crippen LogP contribution in [0.25, 0.3) is 0 Å². The average Bonchev–Trinajstić information content (AvgIpc) is 2.76. The van der Waals surface area contributed by atoms with E-state index in [0.29, 0.717) is 18.1 Å². The van der Waals surface area contributed by atoms with Gasteiger partial charge >= 0.3 is 0 Å². The van der Waals surface area contributed by atoms with E-state index in [-0.39, 0.29) is 35.1 Å². The highest BCUT2D eigenvalue weighted by Crippen LogP contribution is 2.58. The molecule has 1 saturated carbocycles. The van der Waals surface area contributed by atoms with Crippen LogP contribution in [0.2, 0.25) is 0 Å². The van der Waals surface area contributed by atoms with Gasteiger partial charge in [-0.05, 0) is 66.2 Å². The van der Waals surface area contributed by atoms with Gasteiger partial charge in [0.25, 0.3) is 0 Å². The maximum absolute atomic E-state index is 12.9. The number of nitrogens with two attached hydrogens (primary N) is 1. The van der Waals surface area contributed by atoms with Crippen LogP contribution in [-0.4, -0.2) is 30.2 Å². The van der Waals surface area contributed by atoms with Gasteiger partial charge in [-0.1, -0.05) is 47.1 Å². The summed E-state index contributed by atoms with van der Waals surface area (Å²) in [5, 5.41) is 5.54. The van der Waals surface area contributed by atoms with Crippen molar-refractivity contribution < 1.29 is 14.4 Å². The number of Topliss-reactive ketones (excluding diaryl/α,β-unsaturated/α-hetero) is 1. The Balaban J connectivity index is 1.77. The van der Waals surface area contributed by atoms with Gasteiger partial charge in [-0.25, -0.2) is 0 Å². The molecule has 1 fully saturated rings. The first-order valence-corrected chi connectivity index (χ1v) is 12.0. The van der Waals surface area contributed by atoms with Crippen LogP contribution < -0.4 is 16.4 Å². The molecule has 2 aliphatic carbocycles. The summed E-state index contributed by atoms with van der Waals surface area (Å²) in [6.45, 7) is 10.1. The zero-order valence-electron chi connectivity index (χ0n) is 20.2. The number of benzene rings is 1. The minimum atomic E-state index is -0.630. The van der Waals surface area contributed by atoms with Gasteiger partial charge in [0.1, 0.15) is 5.78 Å². The Labute approximate surface area is 192 Å². The van der Waals surface area contributed by atoms with Gasteiger partial charge in [-0.15, -0.1) is 0 Å². The molecule has 0 heterocycles. The topological polar surface area (TPSA) is 101 Å². The van der Waals surface area contributed by atoms with Crippen molar-refractivity contribution in [2.75, 3.05) is 11.9 Å². The number of rotatable bonds is 7. The number of amides is 2. The van der Waals surface area contributed by atoms with Crippen LogP contribution in [-0.2, 0) is 26.2 Å². The van der Waals surface area contributed by atoms with Crippen molar-refractivity contribution in [3.8, 4) is 0 Å². The third-order valence-corrected chi connectivity index (χ3v) is 8.04. The number of aryl methyl sites for hydroxylation is 1. The zero-order valence-corrected chi connectivity index (χ0v) is 20.2.